The topological polar surface area (TPSA) is 0 Å². The van der Waals surface area contributed by atoms with Crippen LogP contribution in [-0.4, -0.2) is 0 Å². The van der Waals surface area contributed by atoms with Crippen LogP contribution in [0.4, 0.5) is 0 Å². The lowest BCUT2D eigenvalue weighted by atomic mass is 9.88. The summed E-state index contributed by atoms with van der Waals surface area (Å²) in [5.74, 6) is 3.34. The molecule has 0 aliphatic rings. The average molecular weight is 200 g/mol. The van der Waals surface area contributed by atoms with Crippen molar-refractivity contribution in [2.24, 2.45) is 0 Å². The maximum Gasteiger partial charge on any atom is 0.0155 e. The van der Waals surface area contributed by atoms with Crippen molar-refractivity contribution in [2.45, 2.75) is 46.0 Å². The lowest BCUT2D eigenvalue weighted by molar-refractivity contribution is 0.625. The van der Waals surface area contributed by atoms with Crippen molar-refractivity contribution in [1.82, 2.24) is 0 Å². The molecule has 0 fully saturated rings. The third-order valence-electron chi connectivity index (χ3n) is 2.88. The first-order valence-corrected chi connectivity index (χ1v) is 5.69. The molecule has 1 aromatic rings. The first kappa shape index (κ1) is 11.9. The van der Waals surface area contributed by atoms with Gasteiger partial charge in [0.1, 0.15) is 0 Å². The largest absolute Gasteiger partial charge is 0.120 e. The van der Waals surface area contributed by atoms with Gasteiger partial charge in [0.25, 0.3) is 0 Å². The van der Waals surface area contributed by atoms with Gasteiger partial charge in [0, 0.05) is 6.42 Å². The Hall–Kier alpha value is -1.22. The first-order chi connectivity index (χ1) is 7.19. The van der Waals surface area contributed by atoms with Crippen LogP contribution in [0.5, 0.6) is 0 Å². The van der Waals surface area contributed by atoms with Crippen LogP contribution >= 0.6 is 0 Å². The van der Waals surface area contributed by atoms with Crippen LogP contribution in [0.3, 0.4) is 0 Å². The predicted octanol–water partition coefficient (Wildman–Crippen LogP) is 4.21. The fourth-order valence-electron chi connectivity index (χ4n) is 2.06. The highest BCUT2D eigenvalue weighted by molar-refractivity contribution is 5.34. The molecule has 1 atom stereocenters. The highest BCUT2D eigenvalue weighted by atomic mass is 14.2. The van der Waals surface area contributed by atoms with Gasteiger partial charge in [-0.1, -0.05) is 37.1 Å². The fraction of sp³-hybridized carbons (Fsp3) is 0.467. The van der Waals surface area contributed by atoms with Crippen molar-refractivity contribution in [3.63, 3.8) is 0 Å². The summed E-state index contributed by atoms with van der Waals surface area (Å²) in [5, 5.41) is 0. The van der Waals surface area contributed by atoms with Crippen LogP contribution in [0.1, 0.15) is 48.8 Å². The van der Waals surface area contributed by atoms with Gasteiger partial charge in [-0.25, -0.2) is 0 Å². The molecule has 0 bridgehead atoms. The molecule has 0 amide bonds. The van der Waals surface area contributed by atoms with Gasteiger partial charge < -0.3 is 0 Å². The Balaban J connectivity index is 2.99. The molecule has 1 aromatic carbocycles. The molecule has 1 rings (SSSR count). The molecule has 0 radical (unpaired) electrons. The fourth-order valence-corrected chi connectivity index (χ4v) is 2.06. The first-order valence-electron chi connectivity index (χ1n) is 5.69. The van der Waals surface area contributed by atoms with Gasteiger partial charge in [-0.3, -0.25) is 0 Å². The molecule has 0 saturated carbocycles. The number of terminal acetylenes is 1. The smallest absolute Gasteiger partial charge is 0.0155 e. The minimum Gasteiger partial charge on any atom is -0.120 e. The lowest BCUT2D eigenvalue weighted by Gasteiger charge is -2.17. The summed E-state index contributed by atoms with van der Waals surface area (Å²) in [7, 11) is 0. The van der Waals surface area contributed by atoms with Crippen LogP contribution in [0.15, 0.2) is 18.2 Å². The molecule has 0 aliphatic heterocycles. The highest BCUT2D eigenvalue weighted by Crippen LogP contribution is 2.28. The minimum absolute atomic E-state index is 0.542. The Morgan fingerprint density at radius 2 is 2.07 bits per heavy atom. The molecular weight excluding hydrogens is 180 g/mol. The van der Waals surface area contributed by atoms with E-state index in [1.165, 1.54) is 29.5 Å². The van der Waals surface area contributed by atoms with E-state index in [9.17, 15) is 0 Å². The maximum absolute atomic E-state index is 5.44. The van der Waals surface area contributed by atoms with E-state index in [4.69, 9.17) is 6.42 Å². The van der Waals surface area contributed by atoms with E-state index in [1.807, 2.05) is 0 Å². The molecule has 0 N–H and O–H groups in total. The van der Waals surface area contributed by atoms with E-state index in [0.717, 1.165) is 6.42 Å². The molecule has 0 aliphatic carbocycles. The zero-order valence-electron chi connectivity index (χ0n) is 10.0. The van der Waals surface area contributed by atoms with Crippen molar-refractivity contribution in [2.75, 3.05) is 0 Å². The van der Waals surface area contributed by atoms with Crippen molar-refractivity contribution in [3.8, 4) is 12.3 Å². The second-order valence-corrected chi connectivity index (χ2v) is 4.25. The standard InChI is InChI=1S/C15H20/c1-5-7-14(8-6-2)15-11-12(3)9-10-13(15)4/h1,9-11,14H,6-8H2,2-4H3. The van der Waals surface area contributed by atoms with E-state index >= 15 is 0 Å². The Morgan fingerprint density at radius 1 is 1.33 bits per heavy atom. The monoisotopic (exact) mass is 200 g/mol. The molecule has 0 heteroatoms. The molecule has 0 spiro atoms. The lowest BCUT2D eigenvalue weighted by Crippen LogP contribution is -2.00. The molecular formula is C15H20. The van der Waals surface area contributed by atoms with Crippen LogP contribution in [0, 0.1) is 26.2 Å². The summed E-state index contributed by atoms with van der Waals surface area (Å²) in [6.45, 7) is 6.53. The summed E-state index contributed by atoms with van der Waals surface area (Å²) < 4.78 is 0. The highest BCUT2D eigenvalue weighted by Gasteiger charge is 2.11. The summed E-state index contributed by atoms with van der Waals surface area (Å²) in [6, 6.07) is 6.65. The normalized spacial score (nSPS) is 12.1. The molecule has 0 heterocycles. The average Bonchev–Trinajstić information content (AvgIpc) is 2.21. The molecule has 1 unspecified atom stereocenters. The van der Waals surface area contributed by atoms with Gasteiger partial charge in [0.15, 0.2) is 0 Å². The second-order valence-electron chi connectivity index (χ2n) is 4.25. The maximum atomic E-state index is 5.44. The zero-order chi connectivity index (χ0) is 11.3. The molecule has 80 valence electrons. The molecule has 0 nitrogen and oxygen atoms in total. The predicted molar refractivity (Wildman–Crippen MR) is 67.0 cm³/mol. The summed E-state index contributed by atoms with van der Waals surface area (Å²) in [6.07, 6.45) is 8.68. The van der Waals surface area contributed by atoms with E-state index in [1.54, 1.807) is 0 Å². The van der Waals surface area contributed by atoms with Crippen LogP contribution in [0.2, 0.25) is 0 Å². The Bertz CT molecular complexity index is 355. The quantitative estimate of drug-likeness (QED) is 0.639. The molecule has 0 saturated heterocycles. The van der Waals surface area contributed by atoms with E-state index < -0.39 is 0 Å². The number of benzene rings is 1. The van der Waals surface area contributed by atoms with Crippen molar-refractivity contribution >= 4 is 0 Å². The number of hydrogen-bond donors (Lipinski definition) is 0. The van der Waals surface area contributed by atoms with Crippen LogP contribution in [-0.2, 0) is 0 Å². The second kappa shape index (κ2) is 5.61. The van der Waals surface area contributed by atoms with Gasteiger partial charge in [0.05, 0.1) is 0 Å². The number of rotatable bonds is 4. The van der Waals surface area contributed by atoms with Gasteiger partial charge in [-0.05, 0) is 37.3 Å². The van der Waals surface area contributed by atoms with Crippen molar-refractivity contribution in [3.05, 3.63) is 34.9 Å². The van der Waals surface area contributed by atoms with Crippen LogP contribution in [0.25, 0.3) is 0 Å². The summed E-state index contributed by atoms with van der Waals surface area (Å²) in [5.41, 5.74) is 4.14. The SMILES string of the molecule is C#CCC(CCC)c1cc(C)ccc1C. The van der Waals surface area contributed by atoms with E-state index in [2.05, 4.69) is 44.9 Å². The van der Waals surface area contributed by atoms with E-state index in [0.29, 0.717) is 5.92 Å². The summed E-state index contributed by atoms with van der Waals surface area (Å²) >= 11 is 0. The van der Waals surface area contributed by atoms with Crippen molar-refractivity contribution in [1.29, 1.82) is 0 Å². The van der Waals surface area contributed by atoms with Crippen LogP contribution < -0.4 is 0 Å². The van der Waals surface area contributed by atoms with Gasteiger partial charge >= 0.3 is 0 Å². The third-order valence-corrected chi connectivity index (χ3v) is 2.88. The Kier molecular flexibility index (Phi) is 4.43. The number of aryl methyl sites for hydroxylation is 2. The third kappa shape index (κ3) is 3.13. The zero-order valence-corrected chi connectivity index (χ0v) is 10.0. The van der Waals surface area contributed by atoms with Gasteiger partial charge in [-0.2, -0.15) is 0 Å². The Labute approximate surface area is 93.7 Å². The van der Waals surface area contributed by atoms with Gasteiger partial charge in [-0.15, -0.1) is 12.3 Å². The molecule has 15 heavy (non-hydrogen) atoms. The summed E-state index contributed by atoms with van der Waals surface area (Å²) in [4.78, 5) is 0. The Morgan fingerprint density at radius 3 is 2.67 bits per heavy atom. The molecule has 0 aromatic heterocycles. The van der Waals surface area contributed by atoms with Gasteiger partial charge in [0.2, 0.25) is 0 Å². The minimum atomic E-state index is 0.542. The van der Waals surface area contributed by atoms with Crippen molar-refractivity contribution < 1.29 is 0 Å². The van der Waals surface area contributed by atoms with E-state index in [-0.39, 0.29) is 0 Å². The number of hydrogen-bond acceptors (Lipinski definition) is 0.